The van der Waals surface area contributed by atoms with Crippen molar-refractivity contribution in [3.63, 3.8) is 0 Å². The molecule has 0 atom stereocenters. The second-order valence-electron chi connectivity index (χ2n) is 5.65. The zero-order valence-electron chi connectivity index (χ0n) is 13.6. The molecule has 1 heterocycles. The van der Waals surface area contributed by atoms with Crippen molar-refractivity contribution in [3.05, 3.63) is 75.4 Å². The van der Waals surface area contributed by atoms with Gasteiger partial charge >= 0.3 is 5.97 Å². The Morgan fingerprint density at radius 2 is 1.80 bits per heavy atom. The number of aryl methyl sites for hydroxylation is 1. The van der Waals surface area contributed by atoms with Gasteiger partial charge < -0.3 is 5.11 Å². The molecular weight excluding hydrogens is 337 g/mol. The van der Waals surface area contributed by atoms with Gasteiger partial charge in [0.05, 0.1) is 12.1 Å². The van der Waals surface area contributed by atoms with Gasteiger partial charge in [-0.05, 0) is 30.7 Å². The fourth-order valence-corrected chi connectivity index (χ4v) is 3.36. The molecule has 1 N–H and O–H groups in total. The summed E-state index contributed by atoms with van der Waals surface area (Å²) in [5.74, 6) is -1.16. The fourth-order valence-electron chi connectivity index (χ4n) is 2.38. The van der Waals surface area contributed by atoms with E-state index >= 15 is 0 Å². The van der Waals surface area contributed by atoms with Gasteiger partial charge in [0.1, 0.15) is 10.8 Å². The highest BCUT2D eigenvalue weighted by Crippen LogP contribution is 2.30. The maximum absolute atomic E-state index is 13.0. The first-order valence-corrected chi connectivity index (χ1v) is 8.55. The quantitative estimate of drug-likeness (QED) is 0.698. The molecule has 1 aromatic heterocycles. The normalized spacial score (nSPS) is 11.1. The molecule has 25 heavy (non-hydrogen) atoms. The van der Waals surface area contributed by atoms with Gasteiger partial charge in [-0.25, -0.2) is 9.37 Å². The van der Waals surface area contributed by atoms with Gasteiger partial charge in [-0.15, -0.1) is 11.3 Å². The first-order valence-electron chi connectivity index (χ1n) is 7.73. The number of carboxylic acid groups (broad SMARTS) is 1. The molecule has 126 valence electrons. The van der Waals surface area contributed by atoms with Gasteiger partial charge in [-0.2, -0.15) is 0 Å². The Labute approximate surface area is 149 Å². The molecule has 3 rings (SSSR count). The summed E-state index contributed by atoms with van der Waals surface area (Å²) in [4.78, 5) is 16.5. The smallest absolute Gasteiger partial charge is 0.308 e. The highest BCUT2D eigenvalue weighted by Gasteiger charge is 2.14. The van der Waals surface area contributed by atoms with Crippen molar-refractivity contribution in [1.82, 2.24) is 4.98 Å². The Balaban J connectivity index is 1.93. The number of carbonyl (C=O) groups is 1. The summed E-state index contributed by atoms with van der Waals surface area (Å²) in [6, 6.07) is 14.0. The highest BCUT2D eigenvalue weighted by molar-refractivity contribution is 7.13. The molecule has 0 radical (unpaired) electrons. The first kappa shape index (κ1) is 17.0. The molecule has 0 aliphatic carbocycles. The van der Waals surface area contributed by atoms with E-state index in [0.717, 1.165) is 26.6 Å². The molecule has 0 fully saturated rings. The van der Waals surface area contributed by atoms with E-state index < -0.39 is 5.97 Å². The van der Waals surface area contributed by atoms with Crippen molar-refractivity contribution < 1.29 is 14.3 Å². The molecule has 2 aromatic carbocycles. The minimum absolute atomic E-state index is 0.0642. The lowest BCUT2D eigenvalue weighted by molar-refractivity contribution is -0.136. The number of hydrogen-bond donors (Lipinski definition) is 1. The number of nitrogens with zero attached hydrogens (tertiary/aromatic N) is 1. The lowest BCUT2D eigenvalue weighted by Crippen LogP contribution is -1.99. The summed E-state index contributed by atoms with van der Waals surface area (Å²) in [6.07, 6.45) is 3.59. The van der Waals surface area contributed by atoms with Crippen LogP contribution in [-0.2, 0) is 11.2 Å². The number of benzene rings is 2. The van der Waals surface area contributed by atoms with Crippen LogP contribution in [0.1, 0.15) is 21.0 Å². The second kappa shape index (κ2) is 7.40. The Kier molecular flexibility index (Phi) is 5.05. The van der Waals surface area contributed by atoms with E-state index in [1.807, 2.05) is 43.3 Å². The van der Waals surface area contributed by atoms with Crippen LogP contribution in [0, 0.1) is 12.7 Å². The zero-order chi connectivity index (χ0) is 17.8. The molecule has 0 amide bonds. The van der Waals surface area contributed by atoms with Crippen molar-refractivity contribution >= 4 is 29.5 Å². The number of hydrogen-bond acceptors (Lipinski definition) is 3. The van der Waals surface area contributed by atoms with E-state index in [1.54, 1.807) is 12.1 Å². The molecule has 0 bridgehead atoms. The number of aliphatic carboxylic acids is 1. The third-order valence-corrected chi connectivity index (χ3v) is 4.66. The number of thiazole rings is 1. The predicted octanol–water partition coefficient (Wildman–Crippen LogP) is 5.06. The minimum atomic E-state index is -0.883. The Morgan fingerprint density at radius 3 is 2.44 bits per heavy atom. The van der Waals surface area contributed by atoms with Crippen molar-refractivity contribution in [3.8, 4) is 11.3 Å². The highest BCUT2D eigenvalue weighted by atomic mass is 32.1. The van der Waals surface area contributed by atoms with Gasteiger partial charge in [0.25, 0.3) is 0 Å². The Bertz CT molecular complexity index is 912. The average molecular weight is 353 g/mol. The Morgan fingerprint density at radius 1 is 1.12 bits per heavy atom. The van der Waals surface area contributed by atoms with Crippen LogP contribution in [0.5, 0.6) is 0 Å². The van der Waals surface area contributed by atoms with Crippen LogP contribution < -0.4 is 0 Å². The van der Waals surface area contributed by atoms with Crippen LogP contribution in [0.4, 0.5) is 4.39 Å². The third kappa shape index (κ3) is 4.39. The number of rotatable bonds is 5. The molecule has 5 heteroatoms. The van der Waals surface area contributed by atoms with E-state index in [4.69, 9.17) is 5.11 Å². The van der Waals surface area contributed by atoms with Crippen molar-refractivity contribution in [2.45, 2.75) is 13.3 Å². The van der Waals surface area contributed by atoms with Crippen LogP contribution in [0.25, 0.3) is 23.4 Å². The lowest BCUT2D eigenvalue weighted by atomic mass is 10.1. The molecule has 0 spiro atoms. The van der Waals surface area contributed by atoms with E-state index in [9.17, 15) is 9.18 Å². The maximum Gasteiger partial charge on any atom is 0.308 e. The monoisotopic (exact) mass is 353 g/mol. The zero-order valence-corrected chi connectivity index (χ0v) is 14.4. The lowest BCUT2D eigenvalue weighted by Gasteiger charge is -2.01. The topological polar surface area (TPSA) is 50.2 Å². The summed E-state index contributed by atoms with van der Waals surface area (Å²) in [7, 11) is 0. The minimum Gasteiger partial charge on any atom is -0.481 e. The molecule has 0 aliphatic heterocycles. The summed E-state index contributed by atoms with van der Waals surface area (Å²) in [5.41, 5.74) is 3.59. The average Bonchev–Trinajstić information content (AvgIpc) is 2.97. The Hall–Kier alpha value is -2.79. The van der Waals surface area contributed by atoms with E-state index in [0.29, 0.717) is 5.69 Å². The molecule has 0 saturated carbocycles. The van der Waals surface area contributed by atoms with E-state index in [2.05, 4.69) is 4.98 Å². The molecule has 0 aliphatic rings. The molecule has 3 nitrogen and oxygen atoms in total. The predicted molar refractivity (Wildman–Crippen MR) is 99.0 cm³/mol. The second-order valence-corrected chi connectivity index (χ2v) is 6.76. The molecule has 0 saturated heterocycles. The summed E-state index contributed by atoms with van der Waals surface area (Å²) >= 11 is 1.36. The number of halogens is 1. The SMILES string of the molecule is Cc1ccc(-c2nc(/C=C/c3ccc(F)cc3)sc2CC(=O)O)cc1. The summed E-state index contributed by atoms with van der Waals surface area (Å²) < 4.78 is 13.0. The van der Waals surface area contributed by atoms with Gasteiger partial charge in [0.15, 0.2) is 0 Å². The third-order valence-electron chi connectivity index (χ3n) is 3.64. The number of carboxylic acids is 1. The molecule has 3 aromatic rings. The van der Waals surface area contributed by atoms with Crippen LogP contribution in [0.15, 0.2) is 48.5 Å². The van der Waals surface area contributed by atoms with Gasteiger partial charge in [0, 0.05) is 10.4 Å². The van der Waals surface area contributed by atoms with Crippen LogP contribution in [-0.4, -0.2) is 16.1 Å². The molecular formula is C20H16FNO2S. The number of aromatic nitrogens is 1. The largest absolute Gasteiger partial charge is 0.481 e. The standard InChI is InChI=1S/C20H16FNO2S/c1-13-2-7-15(8-3-13)20-17(12-19(23)24)25-18(22-20)11-6-14-4-9-16(21)10-5-14/h2-11H,12H2,1H3,(H,23,24)/b11-6+. The van der Waals surface area contributed by atoms with E-state index in [1.165, 1.54) is 23.5 Å². The van der Waals surface area contributed by atoms with Crippen molar-refractivity contribution in [2.75, 3.05) is 0 Å². The van der Waals surface area contributed by atoms with Crippen molar-refractivity contribution in [1.29, 1.82) is 0 Å². The fraction of sp³-hybridized carbons (Fsp3) is 0.100. The first-order chi connectivity index (χ1) is 12.0. The van der Waals surface area contributed by atoms with Crippen molar-refractivity contribution in [2.24, 2.45) is 0 Å². The van der Waals surface area contributed by atoms with Crippen LogP contribution >= 0.6 is 11.3 Å². The van der Waals surface area contributed by atoms with Crippen LogP contribution in [0.2, 0.25) is 0 Å². The summed E-state index contributed by atoms with van der Waals surface area (Å²) in [5, 5.41) is 9.87. The van der Waals surface area contributed by atoms with Gasteiger partial charge in [0.2, 0.25) is 0 Å². The van der Waals surface area contributed by atoms with Gasteiger partial charge in [-0.3, -0.25) is 4.79 Å². The van der Waals surface area contributed by atoms with Crippen LogP contribution in [0.3, 0.4) is 0 Å². The van der Waals surface area contributed by atoms with Gasteiger partial charge in [-0.1, -0.05) is 48.0 Å². The summed E-state index contributed by atoms with van der Waals surface area (Å²) in [6.45, 7) is 2.00. The molecule has 0 unspecified atom stereocenters. The van der Waals surface area contributed by atoms with E-state index in [-0.39, 0.29) is 12.2 Å². The maximum atomic E-state index is 13.0.